The maximum Gasteiger partial charge on any atom is 0.226 e. The monoisotopic (exact) mass is 377 g/mol. The van der Waals surface area contributed by atoms with Gasteiger partial charge in [-0.15, -0.1) is 0 Å². The average molecular weight is 377 g/mol. The highest BCUT2D eigenvalue weighted by Gasteiger charge is 2.18. The molecule has 0 atom stereocenters. The van der Waals surface area contributed by atoms with Gasteiger partial charge >= 0.3 is 0 Å². The maximum absolute atomic E-state index is 5.52. The van der Waals surface area contributed by atoms with E-state index in [9.17, 15) is 0 Å². The zero-order chi connectivity index (χ0) is 19.0. The van der Waals surface area contributed by atoms with Crippen LogP contribution in [0.5, 0.6) is 0 Å². The van der Waals surface area contributed by atoms with E-state index in [-0.39, 0.29) is 5.92 Å². The van der Waals surface area contributed by atoms with Crippen molar-refractivity contribution < 1.29 is 9.26 Å². The molecule has 0 radical (unpaired) electrons. The number of rotatable bonds is 8. The molecule has 2 heterocycles. The van der Waals surface area contributed by atoms with E-state index < -0.39 is 0 Å². The van der Waals surface area contributed by atoms with Crippen molar-refractivity contribution in [1.82, 2.24) is 15.0 Å². The van der Waals surface area contributed by atoms with Gasteiger partial charge in [0.1, 0.15) is 0 Å². The van der Waals surface area contributed by atoms with Gasteiger partial charge in [-0.2, -0.15) is 4.98 Å². The van der Waals surface area contributed by atoms with Crippen molar-refractivity contribution in [3.8, 4) is 0 Å². The van der Waals surface area contributed by atoms with Crippen molar-refractivity contribution in [1.29, 1.82) is 0 Å². The number of nitrogens with zero attached hydrogens (tertiary/aromatic N) is 3. The van der Waals surface area contributed by atoms with E-state index in [0.29, 0.717) is 0 Å². The molecule has 0 aliphatic carbocycles. The standard InChI is InChI=1S/C23H27N3O2/c1-3-8-19(9-4-1)21(20-10-5-2-6-11-20)18-22-24-23(28-25-22)12-7-13-26-14-16-27-17-15-26/h1-6,8-11,21H,7,12-18H2. The predicted molar refractivity (Wildman–Crippen MR) is 108 cm³/mol. The van der Waals surface area contributed by atoms with Gasteiger partial charge in [0, 0.05) is 31.8 Å². The van der Waals surface area contributed by atoms with E-state index in [1.165, 1.54) is 11.1 Å². The molecule has 0 spiro atoms. The molecule has 0 saturated carbocycles. The highest BCUT2D eigenvalue weighted by molar-refractivity contribution is 5.33. The summed E-state index contributed by atoms with van der Waals surface area (Å²) < 4.78 is 10.9. The van der Waals surface area contributed by atoms with Crippen LogP contribution in [0, 0.1) is 0 Å². The Kier molecular flexibility index (Phi) is 6.48. The van der Waals surface area contributed by atoms with Gasteiger partial charge in [0.15, 0.2) is 5.82 Å². The van der Waals surface area contributed by atoms with Crippen LogP contribution in [0.2, 0.25) is 0 Å². The van der Waals surface area contributed by atoms with E-state index in [0.717, 1.165) is 63.8 Å². The van der Waals surface area contributed by atoms with Crippen molar-refractivity contribution in [2.75, 3.05) is 32.8 Å². The maximum atomic E-state index is 5.52. The summed E-state index contributed by atoms with van der Waals surface area (Å²) in [5.74, 6) is 1.74. The van der Waals surface area contributed by atoms with E-state index >= 15 is 0 Å². The third-order valence-corrected chi connectivity index (χ3v) is 5.27. The van der Waals surface area contributed by atoms with Crippen LogP contribution in [0.4, 0.5) is 0 Å². The molecule has 1 saturated heterocycles. The van der Waals surface area contributed by atoms with E-state index in [4.69, 9.17) is 9.26 Å². The molecular formula is C23H27N3O2. The molecule has 0 N–H and O–H groups in total. The molecule has 0 amide bonds. The Labute approximate surface area is 166 Å². The Morgan fingerprint density at radius 2 is 1.54 bits per heavy atom. The summed E-state index contributed by atoms with van der Waals surface area (Å²) in [5, 5.41) is 4.25. The second kappa shape index (κ2) is 9.62. The number of ether oxygens (including phenoxy) is 1. The van der Waals surface area contributed by atoms with E-state index in [2.05, 4.69) is 63.6 Å². The van der Waals surface area contributed by atoms with Crippen molar-refractivity contribution in [2.24, 2.45) is 0 Å². The van der Waals surface area contributed by atoms with Gasteiger partial charge < -0.3 is 9.26 Å². The molecule has 5 heteroatoms. The largest absolute Gasteiger partial charge is 0.379 e. The SMILES string of the molecule is c1ccc(C(Cc2noc(CCCN3CCOCC3)n2)c2ccccc2)cc1. The molecule has 3 aromatic rings. The highest BCUT2D eigenvalue weighted by Crippen LogP contribution is 2.27. The minimum Gasteiger partial charge on any atom is -0.379 e. The predicted octanol–water partition coefficient (Wildman–Crippen LogP) is 3.71. The molecule has 4 rings (SSSR count). The lowest BCUT2D eigenvalue weighted by atomic mass is 9.88. The molecule has 1 aliphatic heterocycles. The molecule has 0 bridgehead atoms. The van der Waals surface area contributed by atoms with Crippen molar-refractivity contribution in [2.45, 2.75) is 25.2 Å². The van der Waals surface area contributed by atoms with Crippen molar-refractivity contribution in [3.05, 3.63) is 83.5 Å². The molecule has 0 unspecified atom stereocenters. The van der Waals surface area contributed by atoms with Crippen LogP contribution in [0.15, 0.2) is 65.2 Å². The average Bonchev–Trinajstić information content (AvgIpc) is 3.21. The Morgan fingerprint density at radius 1 is 0.893 bits per heavy atom. The van der Waals surface area contributed by atoms with Gasteiger partial charge in [-0.25, -0.2) is 0 Å². The summed E-state index contributed by atoms with van der Waals surface area (Å²) >= 11 is 0. The van der Waals surface area contributed by atoms with Crippen LogP contribution in [-0.4, -0.2) is 47.9 Å². The highest BCUT2D eigenvalue weighted by atomic mass is 16.5. The normalized spacial score (nSPS) is 15.2. The zero-order valence-electron chi connectivity index (χ0n) is 16.2. The van der Waals surface area contributed by atoms with Crippen LogP contribution in [0.25, 0.3) is 0 Å². The summed E-state index contributed by atoms with van der Waals surface area (Å²) in [7, 11) is 0. The van der Waals surface area contributed by atoms with Crippen molar-refractivity contribution >= 4 is 0 Å². The summed E-state index contributed by atoms with van der Waals surface area (Å²) in [5.41, 5.74) is 2.54. The minimum absolute atomic E-state index is 0.223. The molecular weight excluding hydrogens is 350 g/mol. The summed E-state index contributed by atoms with van der Waals surface area (Å²) in [4.78, 5) is 7.09. The first-order chi connectivity index (χ1) is 13.9. The smallest absolute Gasteiger partial charge is 0.226 e. The molecule has 146 valence electrons. The number of hydrogen-bond acceptors (Lipinski definition) is 5. The van der Waals surface area contributed by atoms with Crippen LogP contribution in [-0.2, 0) is 17.6 Å². The lowest BCUT2D eigenvalue weighted by molar-refractivity contribution is 0.0372. The molecule has 28 heavy (non-hydrogen) atoms. The first-order valence-corrected chi connectivity index (χ1v) is 10.1. The first-order valence-electron chi connectivity index (χ1n) is 10.1. The van der Waals surface area contributed by atoms with E-state index in [1.54, 1.807) is 0 Å². The zero-order valence-corrected chi connectivity index (χ0v) is 16.2. The van der Waals surface area contributed by atoms with Crippen LogP contribution in [0.3, 0.4) is 0 Å². The Balaban J connectivity index is 1.39. The molecule has 5 nitrogen and oxygen atoms in total. The van der Waals surface area contributed by atoms with Gasteiger partial charge in [-0.1, -0.05) is 65.8 Å². The van der Waals surface area contributed by atoms with Gasteiger partial charge in [-0.05, 0) is 24.1 Å². The fourth-order valence-corrected chi connectivity index (χ4v) is 3.73. The fourth-order valence-electron chi connectivity index (χ4n) is 3.73. The molecule has 2 aromatic carbocycles. The Morgan fingerprint density at radius 3 is 2.18 bits per heavy atom. The van der Waals surface area contributed by atoms with Gasteiger partial charge in [0.25, 0.3) is 0 Å². The second-order valence-corrected chi connectivity index (χ2v) is 7.24. The number of benzene rings is 2. The Bertz CT molecular complexity index is 790. The third-order valence-electron chi connectivity index (χ3n) is 5.27. The second-order valence-electron chi connectivity index (χ2n) is 7.24. The Hall–Kier alpha value is -2.50. The number of aromatic nitrogens is 2. The summed E-state index contributed by atoms with van der Waals surface area (Å²) in [6, 6.07) is 21.1. The summed E-state index contributed by atoms with van der Waals surface area (Å²) in [6.07, 6.45) is 2.59. The van der Waals surface area contributed by atoms with Crippen LogP contribution >= 0.6 is 0 Å². The molecule has 1 aliphatic rings. The van der Waals surface area contributed by atoms with Gasteiger partial charge in [0.05, 0.1) is 13.2 Å². The fraction of sp³-hybridized carbons (Fsp3) is 0.391. The van der Waals surface area contributed by atoms with Crippen molar-refractivity contribution in [3.63, 3.8) is 0 Å². The topological polar surface area (TPSA) is 51.4 Å². The summed E-state index contributed by atoms with van der Waals surface area (Å²) in [6.45, 7) is 4.77. The quantitative estimate of drug-likeness (QED) is 0.599. The lowest BCUT2D eigenvalue weighted by Crippen LogP contribution is -2.36. The first kappa shape index (κ1) is 18.8. The molecule has 1 fully saturated rings. The number of morpholine rings is 1. The van der Waals surface area contributed by atoms with E-state index in [1.807, 2.05) is 12.1 Å². The van der Waals surface area contributed by atoms with Gasteiger partial charge in [0.2, 0.25) is 5.89 Å². The third kappa shape index (κ3) is 5.06. The number of hydrogen-bond donors (Lipinski definition) is 0. The number of aryl methyl sites for hydroxylation is 1. The van der Waals surface area contributed by atoms with Crippen LogP contribution < -0.4 is 0 Å². The molecule has 1 aromatic heterocycles. The van der Waals surface area contributed by atoms with Gasteiger partial charge in [-0.3, -0.25) is 4.90 Å². The lowest BCUT2D eigenvalue weighted by Gasteiger charge is -2.26. The minimum atomic E-state index is 0.223. The van der Waals surface area contributed by atoms with Crippen LogP contribution in [0.1, 0.15) is 35.2 Å².